The van der Waals surface area contributed by atoms with Gasteiger partial charge in [-0.15, -0.1) is 0 Å². The van der Waals surface area contributed by atoms with Gasteiger partial charge in [-0.25, -0.2) is 0 Å². The summed E-state index contributed by atoms with van der Waals surface area (Å²) in [6, 6.07) is 0. The van der Waals surface area contributed by atoms with Crippen LogP contribution >= 0.6 is 0 Å². The summed E-state index contributed by atoms with van der Waals surface area (Å²) in [6.07, 6.45) is 2.66. The molecule has 0 amide bonds. The Morgan fingerprint density at radius 2 is 1.21 bits per heavy atom. The van der Waals surface area contributed by atoms with Gasteiger partial charge in [0.15, 0.2) is 0 Å². The van der Waals surface area contributed by atoms with E-state index in [1.54, 1.807) is 0 Å². The van der Waals surface area contributed by atoms with Crippen LogP contribution in [0.15, 0.2) is 0 Å². The average Bonchev–Trinajstić information content (AvgIpc) is 2.40. The van der Waals surface area contributed by atoms with Gasteiger partial charge in [0, 0.05) is 32.8 Å². The summed E-state index contributed by atoms with van der Waals surface area (Å²) >= 11 is 0. The van der Waals surface area contributed by atoms with Crippen LogP contribution in [0.1, 0.15) is 53.9 Å². The molecule has 19 heavy (non-hydrogen) atoms. The number of rotatable bonds is 12. The van der Waals surface area contributed by atoms with Crippen molar-refractivity contribution in [3.63, 3.8) is 0 Å². The Labute approximate surface area is 120 Å². The molecular formula is C14H32O4Si. The zero-order valence-electron chi connectivity index (χ0n) is 13.6. The molecule has 0 bridgehead atoms. The lowest BCUT2D eigenvalue weighted by molar-refractivity contribution is -0.209. The van der Waals surface area contributed by atoms with E-state index < -0.39 is 14.0 Å². The van der Waals surface area contributed by atoms with Gasteiger partial charge in [0.1, 0.15) is 0 Å². The van der Waals surface area contributed by atoms with Gasteiger partial charge in [0.05, 0.1) is 0 Å². The molecule has 0 unspecified atom stereocenters. The highest BCUT2D eigenvalue weighted by atomic mass is 28.4. The molecule has 0 saturated heterocycles. The molecule has 4 nitrogen and oxygen atoms in total. The summed E-state index contributed by atoms with van der Waals surface area (Å²) in [7, 11) is -2.55. The molecule has 0 aliphatic carbocycles. The minimum atomic E-state index is -2.55. The topological polar surface area (TPSA) is 36.9 Å². The van der Waals surface area contributed by atoms with Crippen LogP contribution in [0.25, 0.3) is 0 Å². The second-order valence-corrected chi connectivity index (χ2v) is 7.85. The van der Waals surface area contributed by atoms with Crippen molar-refractivity contribution in [3.8, 4) is 0 Å². The molecule has 0 heterocycles. The first kappa shape index (κ1) is 19.1. The van der Waals surface area contributed by atoms with Gasteiger partial charge >= 0.3 is 8.56 Å². The average molecular weight is 292 g/mol. The Bertz CT molecular complexity index is 209. The number of hydrogen-bond acceptors (Lipinski definition) is 4. The third kappa shape index (κ3) is 5.15. The predicted molar refractivity (Wildman–Crippen MR) is 80.4 cm³/mol. The van der Waals surface area contributed by atoms with Gasteiger partial charge in [0.25, 0.3) is 0 Å². The summed E-state index contributed by atoms with van der Waals surface area (Å²) in [5.74, 6) is 0. The Kier molecular flexibility index (Phi) is 9.91. The maximum atomic E-state index is 6.09. The van der Waals surface area contributed by atoms with E-state index in [2.05, 4.69) is 27.3 Å². The van der Waals surface area contributed by atoms with Crippen molar-refractivity contribution in [1.82, 2.24) is 0 Å². The molecule has 0 atom stereocenters. The second kappa shape index (κ2) is 9.88. The molecule has 0 spiro atoms. The monoisotopic (exact) mass is 292 g/mol. The first-order valence-corrected chi connectivity index (χ1v) is 9.93. The Morgan fingerprint density at radius 1 is 0.789 bits per heavy atom. The summed E-state index contributed by atoms with van der Waals surface area (Å²) in [5.41, 5.74) is -0.703. The fourth-order valence-corrected chi connectivity index (χ4v) is 5.17. The third-order valence-electron chi connectivity index (χ3n) is 3.08. The van der Waals surface area contributed by atoms with Crippen molar-refractivity contribution in [1.29, 1.82) is 0 Å². The normalized spacial score (nSPS) is 12.9. The summed E-state index contributed by atoms with van der Waals surface area (Å²) in [5, 5.41) is 0. The van der Waals surface area contributed by atoms with Crippen LogP contribution in [-0.2, 0) is 18.3 Å². The zero-order chi connectivity index (χ0) is 14.8. The Balaban J connectivity index is 5.19. The van der Waals surface area contributed by atoms with Gasteiger partial charge in [-0.2, -0.15) is 0 Å². The van der Waals surface area contributed by atoms with Crippen LogP contribution in [0.5, 0.6) is 0 Å². The molecule has 116 valence electrons. The lowest BCUT2D eigenvalue weighted by Crippen LogP contribution is -2.64. The van der Waals surface area contributed by atoms with Crippen LogP contribution in [0.3, 0.4) is 0 Å². The first-order chi connectivity index (χ1) is 9.05. The molecule has 0 rings (SSSR count). The molecule has 0 aliphatic heterocycles. The quantitative estimate of drug-likeness (QED) is 0.406. The molecule has 0 aromatic rings. The minimum absolute atomic E-state index is 0.620. The van der Waals surface area contributed by atoms with Crippen molar-refractivity contribution < 1.29 is 18.3 Å². The SMILES string of the molecule is CCCOC(CC)(OCCC)[Si](C)(OCC)OCC. The van der Waals surface area contributed by atoms with Crippen LogP contribution in [0, 0.1) is 0 Å². The standard InChI is InChI=1S/C14H32O4Si/c1-7-12-15-14(9-3,16-13-8-2)19(6,17-10-4)18-11-5/h7-13H2,1-6H3. The molecule has 0 aliphatic rings. The highest BCUT2D eigenvalue weighted by molar-refractivity contribution is 6.68. The summed E-state index contributed by atoms with van der Waals surface area (Å²) in [6.45, 7) is 14.9. The van der Waals surface area contributed by atoms with Crippen molar-refractivity contribution in [3.05, 3.63) is 0 Å². The molecule has 0 radical (unpaired) electrons. The van der Waals surface area contributed by atoms with Gasteiger partial charge in [-0.1, -0.05) is 20.8 Å². The smallest absolute Gasteiger partial charge is 0.392 e. The number of hydrogen-bond donors (Lipinski definition) is 0. The number of ether oxygens (including phenoxy) is 2. The molecule has 0 saturated carbocycles. The molecular weight excluding hydrogens is 260 g/mol. The van der Waals surface area contributed by atoms with Crippen LogP contribution in [-0.4, -0.2) is 40.4 Å². The van der Waals surface area contributed by atoms with Gasteiger partial charge in [0.2, 0.25) is 5.41 Å². The Hall–Kier alpha value is 0.0569. The van der Waals surface area contributed by atoms with Crippen LogP contribution < -0.4 is 0 Å². The zero-order valence-corrected chi connectivity index (χ0v) is 14.6. The first-order valence-electron chi connectivity index (χ1n) is 7.61. The van der Waals surface area contributed by atoms with Crippen LogP contribution in [0.2, 0.25) is 6.55 Å². The highest BCUT2D eigenvalue weighted by Gasteiger charge is 2.56. The fourth-order valence-electron chi connectivity index (χ4n) is 2.18. The van der Waals surface area contributed by atoms with Crippen molar-refractivity contribution in [2.24, 2.45) is 0 Å². The van der Waals surface area contributed by atoms with Gasteiger partial charge in [-0.3, -0.25) is 0 Å². The van der Waals surface area contributed by atoms with E-state index in [-0.39, 0.29) is 0 Å². The van der Waals surface area contributed by atoms with E-state index >= 15 is 0 Å². The second-order valence-electron chi connectivity index (χ2n) is 4.62. The molecule has 5 heteroatoms. The Morgan fingerprint density at radius 3 is 1.47 bits per heavy atom. The van der Waals surface area contributed by atoms with E-state index in [9.17, 15) is 0 Å². The van der Waals surface area contributed by atoms with Crippen molar-refractivity contribution in [2.45, 2.75) is 65.8 Å². The third-order valence-corrected chi connectivity index (χ3v) is 6.78. The minimum Gasteiger partial charge on any atom is -0.392 e. The van der Waals surface area contributed by atoms with Gasteiger partial charge < -0.3 is 18.3 Å². The maximum absolute atomic E-state index is 6.09. The van der Waals surface area contributed by atoms with Crippen molar-refractivity contribution in [2.75, 3.05) is 26.4 Å². The van der Waals surface area contributed by atoms with E-state index in [0.29, 0.717) is 26.4 Å². The lowest BCUT2D eigenvalue weighted by Gasteiger charge is -2.43. The molecule has 0 fully saturated rings. The van der Waals surface area contributed by atoms with E-state index in [1.807, 2.05) is 13.8 Å². The van der Waals surface area contributed by atoms with Gasteiger partial charge in [-0.05, 0) is 33.2 Å². The lowest BCUT2D eigenvalue weighted by atomic mass is 10.4. The predicted octanol–water partition coefficient (Wildman–Crippen LogP) is 3.63. The van der Waals surface area contributed by atoms with E-state index in [4.69, 9.17) is 18.3 Å². The van der Waals surface area contributed by atoms with E-state index in [1.165, 1.54) is 0 Å². The molecule has 0 N–H and O–H groups in total. The maximum Gasteiger partial charge on any atom is 0.396 e. The fraction of sp³-hybridized carbons (Fsp3) is 1.00. The summed E-state index contributed by atoms with van der Waals surface area (Å²) in [4.78, 5) is 0. The molecule has 0 aromatic carbocycles. The molecule has 0 aromatic heterocycles. The van der Waals surface area contributed by atoms with Crippen LogP contribution in [0.4, 0.5) is 0 Å². The van der Waals surface area contributed by atoms with Crippen molar-refractivity contribution >= 4 is 8.56 Å². The summed E-state index contributed by atoms with van der Waals surface area (Å²) < 4.78 is 24.2. The van der Waals surface area contributed by atoms with E-state index in [0.717, 1.165) is 19.3 Å². The largest absolute Gasteiger partial charge is 0.396 e. The highest BCUT2D eigenvalue weighted by Crippen LogP contribution is 2.32.